The van der Waals surface area contributed by atoms with E-state index in [0.29, 0.717) is 35.5 Å². The summed E-state index contributed by atoms with van der Waals surface area (Å²) in [6, 6.07) is 11.0. The molecule has 4 bridgehead atoms. The van der Waals surface area contributed by atoms with Gasteiger partial charge in [-0.15, -0.1) is 0 Å². The Kier molecular flexibility index (Phi) is 3.15. The summed E-state index contributed by atoms with van der Waals surface area (Å²) in [5.74, 6) is 4.78. The molecule has 0 nitrogen and oxygen atoms in total. The van der Waals surface area contributed by atoms with Crippen LogP contribution < -0.4 is 0 Å². The van der Waals surface area contributed by atoms with E-state index in [0.717, 1.165) is 17.4 Å². The van der Waals surface area contributed by atoms with Gasteiger partial charge in [-0.2, -0.15) is 0 Å². The molecule has 0 radical (unpaired) electrons. The lowest BCUT2D eigenvalue weighted by molar-refractivity contribution is 0.306. The number of hydrogen-bond donors (Lipinski definition) is 0. The monoisotopic (exact) mass is 376 g/mol. The highest BCUT2D eigenvalue weighted by atomic mass is 19.1. The summed E-state index contributed by atoms with van der Waals surface area (Å²) in [5.41, 5.74) is 5.31. The fourth-order valence-electron chi connectivity index (χ4n) is 8.59. The van der Waals surface area contributed by atoms with Crippen molar-refractivity contribution in [2.24, 2.45) is 23.7 Å². The first kappa shape index (κ1) is 16.1. The average molecular weight is 376 g/mol. The van der Waals surface area contributed by atoms with Gasteiger partial charge in [0.1, 0.15) is 11.6 Å². The molecule has 2 aromatic rings. The Bertz CT molecular complexity index is 978. The molecule has 2 aromatic carbocycles. The standard InChI is InChI=1S/C26H26F2/c27-18-3-1-2-13(10-18)22-14-4-5-15(8-14)23(22)20-11-19(28)12-21-24-16-6-7-17(9-16)25(24)26(20)21/h1-3,10-12,14-17,22-25H,4-9H2. The number of halogens is 2. The minimum Gasteiger partial charge on any atom is -0.207 e. The summed E-state index contributed by atoms with van der Waals surface area (Å²) < 4.78 is 28.8. The number of rotatable bonds is 2. The minimum atomic E-state index is -0.139. The van der Waals surface area contributed by atoms with Crippen LogP contribution in [0.1, 0.15) is 84.5 Å². The first-order valence-electron chi connectivity index (χ1n) is 11.3. The molecule has 0 N–H and O–H groups in total. The summed E-state index contributed by atoms with van der Waals surface area (Å²) >= 11 is 0. The lowest BCUT2D eigenvalue weighted by atomic mass is 9.57. The van der Waals surface area contributed by atoms with Gasteiger partial charge in [0.05, 0.1) is 0 Å². The molecule has 0 saturated heterocycles. The maximum atomic E-state index is 14.8. The number of hydrogen-bond acceptors (Lipinski definition) is 0. The van der Waals surface area contributed by atoms with E-state index in [1.165, 1.54) is 55.2 Å². The average Bonchev–Trinajstić information content (AvgIpc) is 3.43. The molecule has 0 aliphatic heterocycles. The van der Waals surface area contributed by atoms with Gasteiger partial charge in [0, 0.05) is 0 Å². The van der Waals surface area contributed by atoms with Crippen LogP contribution in [0.4, 0.5) is 8.78 Å². The van der Waals surface area contributed by atoms with Crippen molar-refractivity contribution in [1.29, 1.82) is 0 Å². The smallest absolute Gasteiger partial charge is 0.123 e. The molecule has 4 fully saturated rings. The zero-order chi connectivity index (χ0) is 18.6. The van der Waals surface area contributed by atoms with Crippen LogP contribution in [0, 0.1) is 35.3 Å². The molecule has 7 rings (SSSR count). The van der Waals surface area contributed by atoms with Gasteiger partial charge in [-0.3, -0.25) is 0 Å². The predicted molar refractivity (Wildman–Crippen MR) is 105 cm³/mol. The highest BCUT2D eigenvalue weighted by molar-refractivity contribution is 5.56. The second-order valence-electron chi connectivity index (χ2n) is 10.3. The third-order valence-electron chi connectivity index (χ3n) is 9.33. The van der Waals surface area contributed by atoms with Crippen LogP contribution in [0.3, 0.4) is 0 Å². The maximum absolute atomic E-state index is 14.8. The third-order valence-corrected chi connectivity index (χ3v) is 9.33. The molecule has 8 atom stereocenters. The van der Waals surface area contributed by atoms with Gasteiger partial charge in [-0.1, -0.05) is 12.1 Å². The van der Waals surface area contributed by atoms with Gasteiger partial charge >= 0.3 is 0 Å². The van der Waals surface area contributed by atoms with Gasteiger partial charge in [-0.05, 0) is 132 Å². The Hall–Kier alpha value is -1.70. The van der Waals surface area contributed by atoms with Crippen LogP contribution in [-0.2, 0) is 0 Å². The molecule has 4 saturated carbocycles. The van der Waals surface area contributed by atoms with Gasteiger partial charge in [-0.25, -0.2) is 8.78 Å². The maximum Gasteiger partial charge on any atom is 0.123 e. The van der Waals surface area contributed by atoms with E-state index < -0.39 is 0 Å². The van der Waals surface area contributed by atoms with Crippen molar-refractivity contribution in [2.75, 3.05) is 0 Å². The molecule has 5 aliphatic rings. The summed E-state index contributed by atoms with van der Waals surface area (Å²) in [6.07, 6.45) is 7.80. The minimum absolute atomic E-state index is 0.0456. The van der Waals surface area contributed by atoms with Crippen LogP contribution in [0.25, 0.3) is 0 Å². The van der Waals surface area contributed by atoms with Crippen molar-refractivity contribution in [2.45, 2.75) is 62.2 Å². The van der Waals surface area contributed by atoms with Gasteiger partial charge in [0.2, 0.25) is 0 Å². The molecule has 28 heavy (non-hydrogen) atoms. The molecule has 0 amide bonds. The summed E-state index contributed by atoms with van der Waals surface area (Å²) in [4.78, 5) is 0. The van der Waals surface area contributed by atoms with E-state index in [4.69, 9.17) is 0 Å². The van der Waals surface area contributed by atoms with Crippen molar-refractivity contribution in [1.82, 2.24) is 0 Å². The lowest BCUT2D eigenvalue weighted by Gasteiger charge is -2.46. The fourth-order valence-corrected chi connectivity index (χ4v) is 8.59. The molecule has 0 spiro atoms. The van der Waals surface area contributed by atoms with Crippen LogP contribution in [0.5, 0.6) is 0 Å². The van der Waals surface area contributed by atoms with Crippen molar-refractivity contribution in [3.63, 3.8) is 0 Å². The van der Waals surface area contributed by atoms with Crippen LogP contribution in [0.2, 0.25) is 0 Å². The molecule has 2 heteroatoms. The summed E-state index contributed by atoms with van der Waals surface area (Å²) in [6.45, 7) is 0. The Morgan fingerprint density at radius 1 is 0.607 bits per heavy atom. The first-order valence-corrected chi connectivity index (χ1v) is 11.3. The molecule has 5 aliphatic carbocycles. The Morgan fingerprint density at radius 2 is 1.18 bits per heavy atom. The SMILES string of the molecule is Fc1cccc(C2C3CCC(C3)C2c2cc(F)cc3c2C2C4CCC(C4)C32)c1. The van der Waals surface area contributed by atoms with Crippen LogP contribution in [-0.4, -0.2) is 0 Å². The van der Waals surface area contributed by atoms with Crippen LogP contribution >= 0.6 is 0 Å². The van der Waals surface area contributed by atoms with Crippen LogP contribution in [0.15, 0.2) is 36.4 Å². The zero-order valence-corrected chi connectivity index (χ0v) is 16.1. The molecular formula is C26H26F2. The van der Waals surface area contributed by atoms with E-state index in [1.54, 1.807) is 12.1 Å². The van der Waals surface area contributed by atoms with E-state index >= 15 is 0 Å². The van der Waals surface area contributed by atoms with Crippen molar-refractivity contribution < 1.29 is 8.78 Å². The second-order valence-corrected chi connectivity index (χ2v) is 10.3. The van der Waals surface area contributed by atoms with Gasteiger partial charge in [0.15, 0.2) is 0 Å². The molecular weight excluding hydrogens is 350 g/mol. The van der Waals surface area contributed by atoms with Crippen molar-refractivity contribution in [3.8, 4) is 0 Å². The second kappa shape index (κ2) is 5.46. The molecule has 144 valence electrons. The van der Waals surface area contributed by atoms with Crippen molar-refractivity contribution >= 4 is 0 Å². The van der Waals surface area contributed by atoms with Crippen molar-refractivity contribution in [3.05, 3.63) is 70.3 Å². The predicted octanol–water partition coefficient (Wildman–Crippen LogP) is 6.87. The van der Waals surface area contributed by atoms with Gasteiger partial charge < -0.3 is 0 Å². The Balaban J connectivity index is 1.38. The third kappa shape index (κ3) is 1.95. The van der Waals surface area contributed by atoms with Gasteiger partial charge in [0.25, 0.3) is 0 Å². The van der Waals surface area contributed by atoms with E-state index in [2.05, 4.69) is 6.07 Å². The normalized spacial score (nSPS) is 41.8. The Labute approximate surface area is 165 Å². The zero-order valence-electron chi connectivity index (χ0n) is 16.1. The molecule has 0 aromatic heterocycles. The first-order chi connectivity index (χ1) is 13.7. The number of fused-ring (bicyclic) bond motifs is 10. The highest BCUT2D eigenvalue weighted by Gasteiger charge is 2.58. The number of benzene rings is 2. The summed E-state index contributed by atoms with van der Waals surface area (Å²) in [7, 11) is 0. The summed E-state index contributed by atoms with van der Waals surface area (Å²) in [5, 5.41) is 0. The van der Waals surface area contributed by atoms with E-state index in [1.807, 2.05) is 18.2 Å². The fraction of sp³-hybridized carbons (Fsp3) is 0.538. The quantitative estimate of drug-likeness (QED) is 0.536. The lowest BCUT2D eigenvalue weighted by Crippen LogP contribution is -2.33. The molecule has 0 heterocycles. The van der Waals surface area contributed by atoms with E-state index in [-0.39, 0.29) is 11.6 Å². The largest absolute Gasteiger partial charge is 0.207 e. The van der Waals surface area contributed by atoms with E-state index in [9.17, 15) is 8.78 Å². The molecule has 8 unspecified atom stereocenters. The highest BCUT2D eigenvalue weighted by Crippen LogP contribution is 2.71. The Morgan fingerprint density at radius 3 is 1.82 bits per heavy atom. The topological polar surface area (TPSA) is 0 Å².